The summed E-state index contributed by atoms with van der Waals surface area (Å²) in [6, 6.07) is 1.46. The van der Waals surface area contributed by atoms with Crippen LogP contribution in [-0.2, 0) is 0 Å². The third-order valence-corrected chi connectivity index (χ3v) is 4.83. The van der Waals surface area contributed by atoms with Crippen molar-refractivity contribution >= 4 is 11.8 Å². The first-order valence-electron chi connectivity index (χ1n) is 6.24. The molecule has 1 N–H and O–H groups in total. The molecule has 0 aromatic rings. The Morgan fingerprint density at radius 2 is 2.20 bits per heavy atom. The van der Waals surface area contributed by atoms with Crippen LogP contribution >= 0.6 is 11.8 Å². The van der Waals surface area contributed by atoms with Crippen LogP contribution in [0.15, 0.2) is 0 Å². The Labute approximate surface area is 99.2 Å². The number of rotatable bonds is 5. The van der Waals surface area contributed by atoms with Crippen molar-refractivity contribution in [2.24, 2.45) is 0 Å². The molecule has 0 aromatic carbocycles. The van der Waals surface area contributed by atoms with Gasteiger partial charge in [-0.15, -0.1) is 0 Å². The number of hydrogen-bond acceptors (Lipinski definition) is 3. The normalized spacial score (nSPS) is 30.4. The molecule has 2 nitrogen and oxygen atoms in total. The highest BCUT2D eigenvalue weighted by Crippen LogP contribution is 2.26. The molecule has 0 aromatic heterocycles. The number of nitrogens with one attached hydrogen (secondary N) is 1. The Morgan fingerprint density at radius 3 is 2.87 bits per heavy atom. The summed E-state index contributed by atoms with van der Waals surface area (Å²) >= 11 is 2.12. The smallest absolute Gasteiger partial charge is 0.0186 e. The van der Waals surface area contributed by atoms with Crippen molar-refractivity contribution in [1.82, 2.24) is 10.2 Å². The van der Waals surface area contributed by atoms with Gasteiger partial charge in [0.2, 0.25) is 0 Å². The second kappa shape index (κ2) is 6.77. The zero-order valence-corrected chi connectivity index (χ0v) is 11.4. The van der Waals surface area contributed by atoms with Gasteiger partial charge in [0.15, 0.2) is 0 Å². The molecule has 0 amide bonds. The van der Waals surface area contributed by atoms with Crippen LogP contribution in [0.3, 0.4) is 0 Å². The third kappa shape index (κ3) is 3.97. The van der Waals surface area contributed by atoms with Crippen molar-refractivity contribution in [2.45, 2.75) is 51.4 Å². The van der Waals surface area contributed by atoms with E-state index in [-0.39, 0.29) is 0 Å². The quantitative estimate of drug-likeness (QED) is 0.729. The van der Waals surface area contributed by atoms with E-state index >= 15 is 0 Å². The molecule has 1 rings (SSSR count). The van der Waals surface area contributed by atoms with Crippen LogP contribution in [-0.4, -0.2) is 47.6 Å². The Morgan fingerprint density at radius 1 is 1.47 bits per heavy atom. The Kier molecular flexibility index (Phi) is 6.02. The first-order valence-corrected chi connectivity index (χ1v) is 7.29. The minimum Gasteiger partial charge on any atom is -0.317 e. The summed E-state index contributed by atoms with van der Waals surface area (Å²) in [6.07, 6.45) is 1.27. The van der Waals surface area contributed by atoms with Crippen LogP contribution in [0.2, 0.25) is 0 Å². The summed E-state index contributed by atoms with van der Waals surface area (Å²) in [6.45, 7) is 12.8. The maximum Gasteiger partial charge on any atom is 0.0186 e. The molecule has 3 unspecified atom stereocenters. The molecule has 1 aliphatic heterocycles. The van der Waals surface area contributed by atoms with Crippen LogP contribution in [0.4, 0.5) is 0 Å². The van der Waals surface area contributed by atoms with Crippen molar-refractivity contribution in [3.05, 3.63) is 0 Å². The molecule has 0 spiro atoms. The molecule has 3 heteroatoms. The Bertz CT molecular complexity index is 175. The maximum atomic E-state index is 3.41. The average molecular weight is 230 g/mol. The summed E-state index contributed by atoms with van der Waals surface area (Å²) in [5, 5.41) is 4.20. The fourth-order valence-corrected chi connectivity index (χ4v) is 3.35. The average Bonchev–Trinajstić information content (AvgIpc) is 2.22. The Balaban J connectivity index is 2.33. The zero-order valence-electron chi connectivity index (χ0n) is 10.6. The minimum absolute atomic E-state index is 0.724. The lowest BCUT2D eigenvalue weighted by atomic mass is 10.1. The molecule has 3 atom stereocenters. The van der Waals surface area contributed by atoms with Crippen molar-refractivity contribution in [3.63, 3.8) is 0 Å². The van der Waals surface area contributed by atoms with Gasteiger partial charge in [0.05, 0.1) is 0 Å². The standard InChI is InChI=1S/C12H26N2S/c1-5-13-7-6-10(2)14-8-9-15-12(4)11(14)3/h10-13H,5-9H2,1-4H3. The molecule has 0 saturated carbocycles. The van der Waals surface area contributed by atoms with Gasteiger partial charge >= 0.3 is 0 Å². The van der Waals surface area contributed by atoms with Crippen LogP contribution < -0.4 is 5.32 Å². The van der Waals surface area contributed by atoms with Gasteiger partial charge in [0.1, 0.15) is 0 Å². The molecule has 90 valence electrons. The van der Waals surface area contributed by atoms with Crippen LogP contribution in [0.25, 0.3) is 0 Å². The molecule has 1 heterocycles. The van der Waals surface area contributed by atoms with Crippen molar-refractivity contribution in [3.8, 4) is 0 Å². The van der Waals surface area contributed by atoms with Crippen molar-refractivity contribution < 1.29 is 0 Å². The van der Waals surface area contributed by atoms with E-state index in [1.54, 1.807) is 0 Å². The van der Waals surface area contributed by atoms with Gasteiger partial charge in [0, 0.05) is 29.6 Å². The molecular weight excluding hydrogens is 204 g/mol. The van der Waals surface area contributed by atoms with Gasteiger partial charge in [-0.25, -0.2) is 0 Å². The highest BCUT2D eigenvalue weighted by Gasteiger charge is 2.27. The third-order valence-electron chi connectivity index (χ3n) is 3.49. The number of thioether (sulfide) groups is 1. The van der Waals surface area contributed by atoms with Crippen LogP contribution in [0.5, 0.6) is 0 Å². The highest BCUT2D eigenvalue weighted by molar-refractivity contribution is 8.00. The van der Waals surface area contributed by atoms with E-state index in [0.29, 0.717) is 0 Å². The van der Waals surface area contributed by atoms with Crippen LogP contribution in [0.1, 0.15) is 34.1 Å². The summed E-state index contributed by atoms with van der Waals surface area (Å²) < 4.78 is 0. The molecule has 1 aliphatic rings. The van der Waals surface area contributed by atoms with E-state index in [1.807, 2.05) is 0 Å². The highest BCUT2D eigenvalue weighted by atomic mass is 32.2. The van der Waals surface area contributed by atoms with Gasteiger partial charge in [0.25, 0.3) is 0 Å². The van der Waals surface area contributed by atoms with E-state index in [1.165, 1.54) is 18.7 Å². The van der Waals surface area contributed by atoms with Gasteiger partial charge in [-0.1, -0.05) is 13.8 Å². The lowest BCUT2D eigenvalue weighted by Crippen LogP contribution is -2.49. The summed E-state index contributed by atoms with van der Waals surface area (Å²) in [7, 11) is 0. The molecule has 0 aliphatic carbocycles. The van der Waals surface area contributed by atoms with Crippen molar-refractivity contribution in [2.75, 3.05) is 25.4 Å². The first-order chi connectivity index (χ1) is 7.16. The van der Waals surface area contributed by atoms with E-state index in [4.69, 9.17) is 0 Å². The lowest BCUT2D eigenvalue weighted by Gasteiger charge is -2.41. The van der Waals surface area contributed by atoms with E-state index in [9.17, 15) is 0 Å². The summed E-state index contributed by atoms with van der Waals surface area (Å²) in [5.41, 5.74) is 0. The largest absolute Gasteiger partial charge is 0.317 e. The number of nitrogens with zero attached hydrogens (tertiary/aromatic N) is 1. The van der Waals surface area contributed by atoms with Gasteiger partial charge in [-0.2, -0.15) is 11.8 Å². The molecule has 1 fully saturated rings. The van der Waals surface area contributed by atoms with Crippen LogP contribution in [0, 0.1) is 0 Å². The topological polar surface area (TPSA) is 15.3 Å². The number of hydrogen-bond donors (Lipinski definition) is 1. The minimum atomic E-state index is 0.724. The fraction of sp³-hybridized carbons (Fsp3) is 1.00. The lowest BCUT2D eigenvalue weighted by molar-refractivity contribution is 0.150. The predicted octanol–water partition coefficient (Wildman–Crippen LogP) is 2.20. The molecule has 0 radical (unpaired) electrons. The van der Waals surface area contributed by atoms with Crippen molar-refractivity contribution in [1.29, 1.82) is 0 Å². The Hall–Kier alpha value is 0.270. The zero-order chi connectivity index (χ0) is 11.3. The fourth-order valence-electron chi connectivity index (χ4n) is 2.23. The van der Waals surface area contributed by atoms with E-state index in [0.717, 1.165) is 30.4 Å². The molecule has 15 heavy (non-hydrogen) atoms. The predicted molar refractivity (Wildman–Crippen MR) is 70.7 cm³/mol. The van der Waals surface area contributed by atoms with Gasteiger partial charge in [-0.05, 0) is 33.4 Å². The SMILES string of the molecule is CCNCCC(C)N1CCSC(C)C1C. The summed E-state index contributed by atoms with van der Waals surface area (Å²) in [4.78, 5) is 2.68. The van der Waals surface area contributed by atoms with E-state index < -0.39 is 0 Å². The molecule has 1 saturated heterocycles. The van der Waals surface area contributed by atoms with Gasteiger partial charge < -0.3 is 5.32 Å². The maximum absolute atomic E-state index is 3.41. The molecule has 0 bridgehead atoms. The van der Waals surface area contributed by atoms with Gasteiger partial charge in [-0.3, -0.25) is 4.90 Å². The second-order valence-electron chi connectivity index (χ2n) is 4.55. The second-order valence-corrected chi connectivity index (χ2v) is 6.03. The summed E-state index contributed by atoms with van der Waals surface area (Å²) in [5.74, 6) is 1.30. The molecular formula is C12H26N2S. The monoisotopic (exact) mass is 230 g/mol. The first kappa shape index (κ1) is 13.3. The van der Waals surface area contributed by atoms with E-state index in [2.05, 4.69) is 49.7 Å².